The van der Waals surface area contributed by atoms with Crippen molar-refractivity contribution in [2.45, 2.75) is 19.6 Å². The van der Waals surface area contributed by atoms with Gasteiger partial charge in [-0.25, -0.2) is 19.2 Å². The van der Waals surface area contributed by atoms with Crippen molar-refractivity contribution in [1.82, 2.24) is 20.3 Å². The molecule has 13 heteroatoms. The molecule has 176 valence electrons. The molecule has 0 spiro atoms. The van der Waals surface area contributed by atoms with Gasteiger partial charge in [0.2, 0.25) is 5.91 Å². The summed E-state index contributed by atoms with van der Waals surface area (Å²) in [7, 11) is 0. The molecule has 3 heterocycles. The number of cyclic esters (lactones) is 1. The van der Waals surface area contributed by atoms with Crippen molar-refractivity contribution in [3.63, 3.8) is 0 Å². The van der Waals surface area contributed by atoms with Gasteiger partial charge in [0.1, 0.15) is 29.8 Å². The molecule has 4 rings (SSSR count). The number of imidazole rings is 1. The van der Waals surface area contributed by atoms with Gasteiger partial charge in [0.05, 0.1) is 47.7 Å². The fourth-order valence-corrected chi connectivity index (χ4v) is 3.33. The van der Waals surface area contributed by atoms with E-state index in [-0.39, 0.29) is 36.8 Å². The molecule has 1 aliphatic heterocycles. The summed E-state index contributed by atoms with van der Waals surface area (Å²) in [6, 6.07) is 7.13. The Morgan fingerprint density at radius 3 is 2.82 bits per heavy atom. The number of hydrogen-bond donors (Lipinski definition) is 3. The number of pyridine rings is 1. The Morgan fingerprint density at radius 1 is 1.32 bits per heavy atom. The molecular weight excluding hydrogens is 449 g/mol. The van der Waals surface area contributed by atoms with Gasteiger partial charge < -0.3 is 20.4 Å². The van der Waals surface area contributed by atoms with Crippen LogP contribution in [0.2, 0.25) is 0 Å². The second kappa shape index (κ2) is 9.52. The van der Waals surface area contributed by atoms with E-state index in [9.17, 15) is 24.1 Å². The first-order valence-electron chi connectivity index (χ1n) is 10.2. The number of H-pyrrole nitrogens is 1. The van der Waals surface area contributed by atoms with Gasteiger partial charge in [0.25, 0.3) is 5.69 Å². The molecule has 0 unspecified atom stereocenters. The summed E-state index contributed by atoms with van der Waals surface area (Å²) < 4.78 is 20.1. The number of nitrogens with one attached hydrogen (secondary N) is 3. The van der Waals surface area contributed by atoms with Crippen LogP contribution in [0.15, 0.2) is 42.7 Å². The molecule has 34 heavy (non-hydrogen) atoms. The molecule has 1 atom stereocenters. The number of hydrogen-bond acceptors (Lipinski definition) is 8. The maximum Gasteiger partial charge on any atom is 0.414 e. The number of nitro groups is 1. The summed E-state index contributed by atoms with van der Waals surface area (Å²) in [6.07, 6.45) is 1.54. The number of nitrogens with zero attached hydrogens (tertiary/aromatic N) is 4. The molecule has 0 aliphatic carbocycles. The smallest absolute Gasteiger partial charge is 0.414 e. The van der Waals surface area contributed by atoms with Gasteiger partial charge in [-0.1, -0.05) is 0 Å². The third-order valence-electron chi connectivity index (χ3n) is 5.02. The number of carbonyl (C=O) groups is 2. The predicted molar refractivity (Wildman–Crippen MR) is 118 cm³/mol. The Balaban J connectivity index is 1.40. The van der Waals surface area contributed by atoms with Crippen molar-refractivity contribution >= 4 is 29.2 Å². The minimum Gasteiger partial charge on any atom is -0.442 e. The van der Waals surface area contributed by atoms with Gasteiger partial charge in [0.15, 0.2) is 0 Å². The molecule has 2 amide bonds. The van der Waals surface area contributed by atoms with Crippen LogP contribution in [0.4, 0.5) is 26.4 Å². The molecule has 1 aliphatic rings. The van der Waals surface area contributed by atoms with Crippen molar-refractivity contribution in [2.75, 3.05) is 23.3 Å². The number of aromatic nitrogens is 3. The van der Waals surface area contributed by atoms with E-state index in [2.05, 4.69) is 25.6 Å². The summed E-state index contributed by atoms with van der Waals surface area (Å²) in [4.78, 5) is 45.8. The number of aromatic amines is 1. The standard InChI is InChI=1S/C21H20FN7O5/c1-12(30)23-10-16-11-28(21(31)34-16)14-2-4-17(18(22)6-14)20-26-8-13(27-20)7-24-19-5-3-15(9-25-19)29(32)33/h2-6,8-9,16H,7,10-11H2,1H3,(H,23,30)(H,24,25)(H,26,27)/t16-/m0/s1. The number of benzene rings is 1. The lowest BCUT2D eigenvalue weighted by Crippen LogP contribution is -2.33. The highest BCUT2D eigenvalue weighted by Gasteiger charge is 2.32. The van der Waals surface area contributed by atoms with Crippen molar-refractivity contribution < 1.29 is 23.6 Å². The monoisotopic (exact) mass is 469 g/mol. The molecule has 0 radical (unpaired) electrons. The zero-order chi connectivity index (χ0) is 24.2. The Kier molecular flexibility index (Phi) is 6.34. The molecular formula is C21H20FN7O5. The van der Waals surface area contributed by atoms with Crippen molar-refractivity contribution in [3.05, 3.63) is 64.4 Å². The first-order valence-corrected chi connectivity index (χ1v) is 10.2. The molecule has 1 fully saturated rings. The van der Waals surface area contributed by atoms with Crippen LogP contribution in [0, 0.1) is 15.9 Å². The zero-order valence-corrected chi connectivity index (χ0v) is 17.9. The minimum atomic E-state index is -0.617. The van der Waals surface area contributed by atoms with Crippen LogP contribution in [0.25, 0.3) is 11.4 Å². The number of halogens is 1. The van der Waals surface area contributed by atoms with E-state index < -0.39 is 22.9 Å². The number of ether oxygens (including phenoxy) is 1. The normalized spacial score (nSPS) is 15.2. The van der Waals surface area contributed by atoms with E-state index >= 15 is 0 Å². The van der Waals surface area contributed by atoms with Crippen LogP contribution in [0.1, 0.15) is 12.6 Å². The van der Waals surface area contributed by atoms with E-state index in [1.165, 1.54) is 42.3 Å². The van der Waals surface area contributed by atoms with E-state index in [4.69, 9.17) is 4.74 Å². The highest BCUT2D eigenvalue weighted by atomic mass is 19.1. The van der Waals surface area contributed by atoms with Crippen molar-refractivity contribution in [3.8, 4) is 11.4 Å². The second-order valence-corrected chi connectivity index (χ2v) is 7.49. The summed E-state index contributed by atoms with van der Waals surface area (Å²) in [5, 5.41) is 16.3. The number of rotatable bonds is 8. The van der Waals surface area contributed by atoms with E-state index in [0.717, 1.165) is 6.20 Å². The van der Waals surface area contributed by atoms with Crippen LogP contribution >= 0.6 is 0 Å². The molecule has 3 N–H and O–H groups in total. The molecule has 12 nitrogen and oxygen atoms in total. The highest BCUT2D eigenvalue weighted by Crippen LogP contribution is 2.28. The van der Waals surface area contributed by atoms with Gasteiger partial charge in [0, 0.05) is 13.0 Å². The fourth-order valence-electron chi connectivity index (χ4n) is 3.33. The molecule has 3 aromatic rings. The van der Waals surface area contributed by atoms with Crippen LogP contribution in [-0.2, 0) is 16.1 Å². The number of carbonyl (C=O) groups excluding carboxylic acids is 2. The Labute approximate surface area is 192 Å². The van der Waals surface area contributed by atoms with Crippen LogP contribution < -0.4 is 15.5 Å². The zero-order valence-electron chi connectivity index (χ0n) is 17.9. The minimum absolute atomic E-state index is 0.112. The topological polar surface area (TPSA) is 155 Å². The Bertz CT molecular complexity index is 1230. The third kappa shape index (κ3) is 5.09. The average Bonchev–Trinajstić information content (AvgIpc) is 3.43. The SMILES string of the molecule is CC(=O)NC[C@H]1CN(c2ccc(-c3ncc(CNc4ccc([N+](=O)[O-])cn4)[nH]3)c(F)c2)C(=O)O1. The second-order valence-electron chi connectivity index (χ2n) is 7.49. The third-order valence-corrected chi connectivity index (χ3v) is 5.02. The van der Waals surface area contributed by atoms with Gasteiger partial charge in [-0.15, -0.1) is 0 Å². The van der Waals surface area contributed by atoms with Crippen LogP contribution in [0.5, 0.6) is 0 Å². The van der Waals surface area contributed by atoms with Crippen LogP contribution in [0.3, 0.4) is 0 Å². The molecule has 0 bridgehead atoms. The lowest BCUT2D eigenvalue weighted by Gasteiger charge is -2.14. The summed E-state index contributed by atoms with van der Waals surface area (Å²) >= 11 is 0. The lowest BCUT2D eigenvalue weighted by atomic mass is 10.1. The number of amides is 2. The maximum absolute atomic E-state index is 14.9. The van der Waals surface area contributed by atoms with Gasteiger partial charge in [-0.3, -0.25) is 19.8 Å². The summed E-state index contributed by atoms with van der Waals surface area (Å²) in [5.41, 5.74) is 1.07. The number of anilines is 2. The molecule has 2 aromatic heterocycles. The Hall–Kier alpha value is -4.55. The van der Waals surface area contributed by atoms with E-state index in [1.807, 2.05) is 0 Å². The molecule has 0 saturated carbocycles. The summed E-state index contributed by atoms with van der Waals surface area (Å²) in [6.45, 7) is 2.01. The van der Waals surface area contributed by atoms with Crippen LogP contribution in [-0.4, -0.2) is 51.1 Å². The van der Waals surface area contributed by atoms with Crippen molar-refractivity contribution in [2.24, 2.45) is 0 Å². The highest BCUT2D eigenvalue weighted by molar-refractivity contribution is 5.90. The molecule has 1 aromatic carbocycles. The predicted octanol–water partition coefficient (Wildman–Crippen LogP) is 2.59. The largest absolute Gasteiger partial charge is 0.442 e. The molecule has 1 saturated heterocycles. The van der Waals surface area contributed by atoms with Crippen molar-refractivity contribution in [1.29, 1.82) is 0 Å². The quantitative estimate of drug-likeness (QED) is 0.336. The van der Waals surface area contributed by atoms with Gasteiger partial charge in [-0.2, -0.15) is 0 Å². The maximum atomic E-state index is 14.9. The Morgan fingerprint density at radius 2 is 2.15 bits per heavy atom. The average molecular weight is 469 g/mol. The van der Waals surface area contributed by atoms with E-state index in [1.54, 1.807) is 6.07 Å². The van der Waals surface area contributed by atoms with E-state index in [0.29, 0.717) is 23.0 Å². The van der Waals surface area contributed by atoms with Gasteiger partial charge >= 0.3 is 6.09 Å². The lowest BCUT2D eigenvalue weighted by molar-refractivity contribution is -0.385. The first-order chi connectivity index (χ1) is 16.3. The van der Waals surface area contributed by atoms with Gasteiger partial charge in [-0.05, 0) is 24.3 Å². The fraction of sp³-hybridized carbons (Fsp3) is 0.238. The first kappa shape index (κ1) is 22.6. The summed E-state index contributed by atoms with van der Waals surface area (Å²) in [5.74, 6) is -0.0833.